The molecule has 0 saturated carbocycles. The summed E-state index contributed by atoms with van der Waals surface area (Å²) in [5, 5.41) is 0. The zero-order valence-corrected chi connectivity index (χ0v) is 8.56. The third-order valence-electron chi connectivity index (χ3n) is 1.42. The van der Waals surface area contributed by atoms with Crippen molar-refractivity contribution >= 4 is 23.4 Å². The Labute approximate surface area is 82.7 Å². The predicted octanol–water partition coefficient (Wildman–Crippen LogP) is 2.04. The van der Waals surface area contributed by atoms with E-state index in [4.69, 9.17) is 16.3 Å². The average Bonchev–Trinajstić information content (AvgIpc) is 2.05. The number of Topliss-reactive ketones (excluding diaryl/α,β-unsaturated/α-hetero) is 1. The van der Waals surface area contributed by atoms with E-state index in [1.54, 1.807) is 6.92 Å². The van der Waals surface area contributed by atoms with E-state index in [1.165, 1.54) is 12.5 Å². The van der Waals surface area contributed by atoms with Gasteiger partial charge >= 0.3 is 5.97 Å². The highest BCUT2D eigenvalue weighted by molar-refractivity contribution is 6.27. The van der Waals surface area contributed by atoms with Gasteiger partial charge in [0, 0.05) is 17.5 Å². The third-order valence-corrected chi connectivity index (χ3v) is 1.68. The van der Waals surface area contributed by atoms with Gasteiger partial charge in [0.2, 0.25) is 0 Å². The zero-order chi connectivity index (χ0) is 10.3. The van der Waals surface area contributed by atoms with E-state index in [2.05, 4.69) is 0 Å². The lowest BCUT2D eigenvalue weighted by atomic mass is 10.1. The van der Waals surface area contributed by atoms with Crippen molar-refractivity contribution in [2.24, 2.45) is 0 Å². The van der Waals surface area contributed by atoms with Crippen LogP contribution in [0.15, 0.2) is 11.1 Å². The lowest BCUT2D eigenvalue weighted by Crippen LogP contribution is -2.08. The normalized spacial score (nSPS) is 11.2. The third kappa shape index (κ3) is 5.42. The number of esters is 1. The van der Waals surface area contributed by atoms with Crippen LogP contribution in [0, 0.1) is 0 Å². The molecule has 0 aliphatic rings. The largest absolute Gasteiger partial charge is 0.463 e. The second kappa shape index (κ2) is 6.66. The molecular weight excluding hydrogens is 192 g/mol. The van der Waals surface area contributed by atoms with Crippen LogP contribution in [0.3, 0.4) is 0 Å². The Morgan fingerprint density at radius 2 is 2.00 bits per heavy atom. The summed E-state index contributed by atoms with van der Waals surface area (Å²) in [6.45, 7) is 3.50. The van der Waals surface area contributed by atoms with Crippen LogP contribution >= 0.6 is 11.6 Å². The number of hydrogen-bond acceptors (Lipinski definition) is 3. The zero-order valence-electron chi connectivity index (χ0n) is 7.80. The number of ether oxygens (including phenoxy) is 1. The molecule has 0 aromatic heterocycles. The Hall–Kier alpha value is -0.830. The first-order chi connectivity index (χ1) is 6.11. The Kier molecular flexibility index (Phi) is 6.24. The van der Waals surface area contributed by atoms with Crippen molar-refractivity contribution < 1.29 is 14.3 Å². The average molecular weight is 205 g/mol. The molecule has 0 unspecified atom stereocenters. The predicted molar refractivity (Wildman–Crippen MR) is 50.5 cm³/mol. The molecule has 0 rings (SSSR count). The lowest BCUT2D eigenvalue weighted by Gasteiger charge is -2.03. The van der Waals surface area contributed by atoms with Gasteiger partial charge in [-0.15, -0.1) is 0 Å². The molecule has 0 aliphatic carbocycles. The molecule has 4 heteroatoms. The highest BCUT2D eigenvalue weighted by atomic mass is 35.5. The minimum atomic E-state index is -0.446. The molecule has 0 fully saturated rings. The monoisotopic (exact) mass is 204 g/mol. The summed E-state index contributed by atoms with van der Waals surface area (Å²) in [4.78, 5) is 21.7. The second-order valence-corrected chi connectivity index (χ2v) is 2.78. The van der Waals surface area contributed by atoms with Gasteiger partial charge in [-0.25, -0.2) is 4.79 Å². The molecule has 0 spiro atoms. The van der Waals surface area contributed by atoms with Crippen molar-refractivity contribution in [3.05, 3.63) is 11.1 Å². The maximum Gasteiger partial charge on any atom is 0.334 e. The van der Waals surface area contributed by atoms with Gasteiger partial charge in [-0.05, 0) is 20.3 Å². The standard InChI is InChI=1S/C9H13ClO3/c1-3-13-9(12)8(6-10)5-4-7(2)11/h6H,3-5H2,1-2H3/b8-6-. The molecule has 0 saturated heterocycles. The van der Waals surface area contributed by atoms with Crippen molar-refractivity contribution in [1.82, 2.24) is 0 Å². The Balaban J connectivity index is 4.04. The van der Waals surface area contributed by atoms with E-state index in [-0.39, 0.29) is 5.78 Å². The summed E-state index contributed by atoms with van der Waals surface area (Å²) in [6.07, 6.45) is 0.662. The van der Waals surface area contributed by atoms with Gasteiger partial charge in [0.05, 0.1) is 6.61 Å². The van der Waals surface area contributed by atoms with Gasteiger partial charge in [0.1, 0.15) is 5.78 Å². The van der Waals surface area contributed by atoms with E-state index in [9.17, 15) is 9.59 Å². The fraction of sp³-hybridized carbons (Fsp3) is 0.556. The SMILES string of the molecule is CCOC(=O)/C(=C\Cl)CCC(C)=O. The Morgan fingerprint density at radius 1 is 1.38 bits per heavy atom. The molecular formula is C9H13ClO3. The molecule has 0 aromatic rings. The van der Waals surface area contributed by atoms with Gasteiger partial charge in [-0.3, -0.25) is 0 Å². The molecule has 74 valence electrons. The minimum Gasteiger partial charge on any atom is -0.463 e. The van der Waals surface area contributed by atoms with E-state index < -0.39 is 5.97 Å². The van der Waals surface area contributed by atoms with E-state index in [1.807, 2.05) is 0 Å². The molecule has 0 aromatic carbocycles. The number of hydrogen-bond donors (Lipinski definition) is 0. The number of ketones is 1. The summed E-state index contributed by atoms with van der Waals surface area (Å²) >= 11 is 5.41. The first-order valence-corrected chi connectivity index (χ1v) is 4.51. The van der Waals surface area contributed by atoms with Gasteiger partial charge in [0.15, 0.2) is 0 Å². The van der Waals surface area contributed by atoms with Crippen molar-refractivity contribution in [1.29, 1.82) is 0 Å². The second-order valence-electron chi connectivity index (χ2n) is 2.56. The molecule has 0 amide bonds. The fourth-order valence-electron chi connectivity index (χ4n) is 0.736. The quantitative estimate of drug-likeness (QED) is 0.509. The smallest absolute Gasteiger partial charge is 0.334 e. The number of carbonyl (C=O) groups excluding carboxylic acids is 2. The lowest BCUT2D eigenvalue weighted by molar-refractivity contribution is -0.138. The summed E-state index contributed by atoms with van der Waals surface area (Å²) in [6, 6.07) is 0. The van der Waals surface area contributed by atoms with E-state index in [0.717, 1.165) is 0 Å². The molecule has 0 aliphatic heterocycles. The van der Waals surface area contributed by atoms with Crippen LogP contribution in [-0.4, -0.2) is 18.4 Å². The highest BCUT2D eigenvalue weighted by Crippen LogP contribution is 2.09. The van der Waals surface area contributed by atoms with E-state index >= 15 is 0 Å². The molecule has 0 radical (unpaired) electrons. The van der Waals surface area contributed by atoms with Crippen molar-refractivity contribution in [2.45, 2.75) is 26.7 Å². The Bertz CT molecular complexity index is 221. The summed E-state index contributed by atoms with van der Waals surface area (Å²) in [7, 11) is 0. The number of halogens is 1. The highest BCUT2D eigenvalue weighted by Gasteiger charge is 2.10. The van der Waals surface area contributed by atoms with Crippen LogP contribution in [0.25, 0.3) is 0 Å². The van der Waals surface area contributed by atoms with Gasteiger partial charge in [0.25, 0.3) is 0 Å². The van der Waals surface area contributed by atoms with Crippen LogP contribution in [0.1, 0.15) is 26.7 Å². The van der Waals surface area contributed by atoms with Crippen LogP contribution in [0.4, 0.5) is 0 Å². The molecule has 13 heavy (non-hydrogen) atoms. The van der Waals surface area contributed by atoms with Crippen LogP contribution in [0.5, 0.6) is 0 Å². The molecule has 0 heterocycles. The van der Waals surface area contributed by atoms with Crippen molar-refractivity contribution in [2.75, 3.05) is 6.61 Å². The van der Waals surface area contributed by atoms with Crippen LogP contribution in [0.2, 0.25) is 0 Å². The Morgan fingerprint density at radius 3 is 2.38 bits per heavy atom. The van der Waals surface area contributed by atoms with Gasteiger partial charge in [-0.1, -0.05) is 11.6 Å². The van der Waals surface area contributed by atoms with Crippen LogP contribution in [-0.2, 0) is 14.3 Å². The topological polar surface area (TPSA) is 43.4 Å². The van der Waals surface area contributed by atoms with Crippen LogP contribution < -0.4 is 0 Å². The molecule has 3 nitrogen and oxygen atoms in total. The first-order valence-electron chi connectivity index (χ1n) is 4.07. The molecule has 0 bridgehead atoms. The van der Waals surface area contributed by atoms with E-state index in [0.29, 0.717) is 25.0 Å². The maximum absolute atomic E-state index is 11.1. The summed E-state index contributed by atoms with van der Waals surface area (Å²) < 4.78 is 4.72. The van der Waals surface area contributed by atoms with Crippen molar-refractivity contribution in [3.8, 4) is 0 Å². The molecule has 0 atom stereocenters. The minimum absolute atomic E-state index is 0.0281. The summed E-state index contributed by atoms with van der Waals surface area (Å²) in [5.41, 5.74) is 1.51. The molecule has 0 N–H and O–H groups in total. The number of rotatable bonds is 5. The maximum atomic E-state index is 11.1. The summed E-state index contributed by atoms with van der Waals surface area (Å²) in [5.74, 6) is -0.418. The van der Waals surface area contributed by atoms with Crippen molar-refractivity contribution in [3.63, 3.8) is 0 Å². The van der Waals surface area contributed by atoms with Gasteiger partial charge in [-0.2, -0.15) is 0 Å². The first kappa shape index (κ1) is 12.2. The number of carbonyl (C=O) groups is 2. The van der Waals surface area contributed by atoms with Gasteiger partial charge < -0.3 is 9.53 Å². The fourth-order valence-corrected chi connectivity index (χ4v) is 0.934.